The molecule has 1 aromatic carbocycles. The van der Waals surface area contributed by atoms with E-state index in [0.29, 0.717) is 19.3 Å². The van der Waals surface area contributed by atoms with Gasteiger partial charge in [0.05, 0.1) is 17.2 Å². The van der Waals surface area contributed by atoms with Crippen LogP contribution < -0.4 is 0 Å². The lowest BCUT2D eigenvalue weighted by molar-refractivity contribution is -0.0793. The molecule has 0 spiro atoms. The molecule has 102 valence electrons. The van der Waals surface area contributed by atoms with Crippen molar-refractivity contribution < 1.29 is 10.2 Å². The number of benzene rings is 1. The Hall–Kier alpha value is -1.45. The van der Waals surface area contributed by atoms with Gasteiger partial charge in [0.25, 0.3) is 0 Å². The van der Waals surface area contributed by atoms with Gasteiger partial charge in [-0.3, -0.25) is 4.98 Å². The number of hydrogen-bond donors (Lipinski definition) is 2. The number of aliphatic hydroxyl groups excluding tert-OH is 1. The number of aromatic nitrogens is 1. The predicted octanol–water partition coefficient (Wildman–Crippen LogP) is 2.69. The summed E-state index contributed by atoms with van der Waals surface area (Å²) in [6, 6.07) is 11.8. The molecule has 0 saturated heterocycles. The lowest BCUT2D eigenvalue weighted by Gasteiger charge is -2.30. The van der Waals surface area contributed by atoms with Crippen molar-refractivity contribution in [2.24, 2.45) is 0 Å². The molecule has 1 atom stereocenters. The molecule has 19 heavy (non-hydrogen) atoms. The summed E-state index contributed by atoms with van der Waals surface area (Å²) in [5.74, 6) is 0. The molecule has 0 fully saturated rings. The molecule has 1 heterocycles. The quantitative estimate of drug-likeness (QED) is 0.868. The Kier molecular flexibility index (Phi) is 4.17. The Morgan fingerprint density at radius 1 is 1.11 bits per heavy atom. The minimum absolute atomic E-state index is 0.378. The molecule has 0 saturated carbocycles. The number of aliphatic hydroxyl groups is 2. The molecule has 0 aliphatic heterocycles. The van der Waals surface area contributed by atoms with Gasteiger partial charge in [-0.25, -0.2) is 0 Å². The summed E-state index contributed by atoms with van der Waals surface area (Å²) in [6.07, 6.45) is 0.677. The Morgan fingerprint density at radius 3 is 2.47 bits per heavy atom. The third-order valence-corrected chi connectivity index (χ3v) is 3.90. The van der Waals surface area contributed by atoms with Crippen molar-refractivity contribution in [3.05, 3.63) is 42.1 Å². The van der Waals surface area contributed by atoms with E-state index < -0.39 is 11.7 Å². The standard InChI is InChI=1S/C16H21NO2/c1-3-16(19,4-2)15(18)11-13-10-9-12-7-5-6-8-14(12)17-13/h5-10,15,18-19H,3-4,11H2,1-2H3. The van der Waals surface area contributed by atoms with E-state index in [4.69, 9.17) is 0 Å². The number of nitrogens with zero attached hydrogens (tertiary/aromatic N) is 1. The van der Waals surface area contributed by atoms with Crippen LogP contribution in [-0.4, -0.2) is 26.9 Å². The van der Waals surface area contributed by atoms with Crippen LogP contribution in [0.2, 0.25) is 0 Å². The highest BCUT2D eigenvalue weighted by atomic mass is 16.3. The van der Waals surface area contributed by atoms with Crippen molar-refractivity contribution >= 4 is 10.9 Å². The average Bonchev–Trinajstić information content (AvgIpc) is 2.46. The molecular formula is C16H21NO2. The smallest absolute Gasteiger partial charge is 0.0904 e. The number of rotatable bonds is 5. The fraction of sp³-hybridized carbons (Fsp3) is 0.438. The third-order valence-electron chi connectivity index (χ3n) is 3.90. The fourth-order valence-electron chi connectivity index (χ4n) is 2.33. The highest BCUT2D eigenvalue weighted by Gasteiger charge is 2.32. The van der Waals surface area contributed by atoms with Gasteiger partial charge in [-0.15, -0.1) is 0 Å². The van der Waals surface area contributed by atoms with E-state index in [1.807, 2.05) is 50.2 Å². The summed E-state index contributed by atoms with van der Waals surface area (Å²) >= 11 is 0. The largest absolute Gasteiger partial charge is 0.390 e. The summed E-state index contributed by atoms with van der Waals surface area (Å²) in [7, 11) is 0. The van der Waals surface area contributed by atoms with Crippen LogP contribution >= 0.6 is 0 Å². The molecule has 0 aliphatic carbocycles. The van der Waals surface area contributed by atoms with E-state index in [9.17, 15) is 10.2 Å². The maximum absolute atomic E-state index is 10.3. The van der Waals surface area contributed by atoms with E-state index in [1.54, 1.807) is 0 Å². The molecule has 2 N–H and O–H groups in total. The van der Waals surface area contributed by atoms with E-state index in [1.165, 1.54) is 0 Å². The lowest BCUT2D eigenvalue weighted by atomic mass is 9.88. The van der Waals surface area contributed by atoms with Crippen molar-refractivity contribution in [3.63, 3.8) is 0 Å². The molecular weight excluding hydrogens is 238 g/mol. The highest BCUT2D eigenvalue weighted by Crippen LogP contribution is 2.23. The molecule has 1 unspecified atom stereocenters. The van der Waals surface area contributed by atoms with E-state index in [2.05, 4.69) is 4.98 Å². The second kappa shape index (κ2) is 5.68. The molecule has 0 radical (unpaired) electrons. The zero-order chi connectivity index (χ0) is 13.9. The van der Waals surface area contributed by atoms with Gasteiger partial charge in [0.2, 0.25) is 0 Å². The third kappa shape index (κ3) is 2.94. The van der Waals surface area contributed by atoms with Gasteiger partial charge in [-0.2, -0.15) is 0 Å². The molecule has 0 bridgehead atoms. The van der Waals surface area contributed by atoms with Gasteiger partial charge in [0, 0.05) is 17.5 Å². The Morgan fingerprint density at radius 2 is 1.79 bits per heavy atom. The predicted molar refractivity (Wildman–Crippen MR) is 77.0 cm³/mol. The van der Waals surface area contributed by atoms with Crippen molar-refractivity contribution in [2.45, 2.75) is 44.8 Å². The molecule has 3 nitrogen and oxygen atoms in total. The van der Waals surface area contributed by atoms with Crippen LogP contribution in [0, 0.1) is 0 Å². The summed E-state index contributed by atoms with van der Waals surface area (Å²) in [5.41, 5.74) is 0.711. The number of pyridine rings is 1. The zero-order valence-corrected chi connectivity index (χ0v) is 11.5. The summed E-state index contributed by atoms with van der Waals surface area (Å²) < 4.78 is 0. The average molecular weight is 259 g/mol. The van der Waals surface area contributed by atoms with Gasteiger partial charge in [-0.1, -0.05) is 38.1 Å². The van der Waals surface area contributed by atoms with Crippen LogP contribution in [0.25, 0.3) is 10.9 Å². The SMILES string of the molecule is CCC(O)(CC)C(O)Cc1ccc2ccccc2n1. The topological polar surface area (TPSA) is 53.4 Å². The Balaban J connectivity index is 2.21. The first-order valence-corrected chi connectivity index (χ1v) is 6.84. The highest BCUT2D eigenvalue weighted by molar-refractivity contribution is 5.78. The Labute approximate surface area is 113 Å². The summed E-state index contributed by atoms with van der Waals surface area (Å²) in [6.45, 7) is 3.78. The van der Waals surface area contributed by atoms with Crippen LogP contribution in [0.5, 0.6) is 0 Å². The number of fused-ring (bicyclic) bond motifs is 1. The monoisotopic (exact) mass is 259 g/mol. The lowest BCUT2D eigenvalue weighted by Crippen LogP contribution is -2.42. The molecule has 3 heteroatoms. The number of hydrogen-bond acceptors (Lipinski definition) is 3. The zero-order valence-electron chi connectivity index (χ0n) is 11.5. The Bertz CT molecular complexity index is 549. The minimum atomic E-state index is -1.02. The molecule has 1 aromatic heterocycles. The van der Waals surface area contributed by atoms with Crippen LogP contribution in [0.4, 0.5) is 0 Å². The minimum Gasteiger partial charge on any atom is -0.390 e. The van der Waals surface area contributed by atoms with Gasteiger partial charge in [0.15, 0.2) is 0 Å². The molecule has 0 amide bonds. The summed E-state index contributed by atoms with van der Waals surface area (Å²) in [4.78, 5) is 4.53. The van der Waals surface area contributed by atoms with Gasteiger partial charge >= 0.3 is 0 Å². The van der Waals surface area contributed by atoms with E-state index in [0.717, 1.165) is 16.6 Å². The molecule has 0 aliphatic rings. The molecule has 2 rings (SSSR count). The van der Waals surface area contributed by atoms with Crippen molar-refractivity contribution in [3.8, 4) is 0 Å². The van der Waals surface area contributed by atoms with Crippen LogP contribution in [-0.2, 0) is 6.42 Å². The van der Waals surface area contributed by atoms with E-state index in [-0.39, 0.29) is 0 Å². The van der Waals surface area contributed by atoms with Crippen LogP contribution in [0.3, 0.4) is 0 Å². The van der Waals surface area contributed by atoms with Crippen LogP contribution in [0.15, 0.2) is 36.4 Å². The van der Waals surface area contributed by atoms with Crippen molar-refractivity contribution in [2.75, 3.05) is 0 Å². The van der Waals surface area contributed by atoms with E-state index >= 15 is 0 Å². The van der Waals surface area contributed by atoms with Gasteiger partial charge < -0.3 is 10.2 Å². The molecule has 2 aromatic rings. The number of para-hydroxylation sites is 1. The summed E-state index contributed by atoms with van der Waals surface area (Å²) in [5, 5.41) is 21.6. The van der Waals surface area contributed by atoms with Crippen LogP contribution in [0.1, 0.15) is 32.4 Å². The maximum atomic E-state index is 10.3. The second-order valence-electron chi connectivity index (χ2n) is 5.03. The first-order valence-electron chi connectivity index (χ1n) is 6.84. The maximum Gasteiger partial charge on any atom is 0.0904 e. The van der Waals surface area contributed by atoms with Crippen molar-refractivity contribution in [1.82, 2.24) is 4.98 Å². The second-order valence-corrected chi connectivity index (χ2v) is 5.03. The van der Waals surface area contributed by atoms with Gasteiger partial charge in [-0.05, 0) is 25.0 Å². The normalized spacial score (nSPS) is 13.7. The first-order chi connectivity index (χ1) is 9.09. The first kappa shape index (κ1) is 14.0. The fourth-order valence-corrected chi connectivity index (χ4v) is 2.33. The van der Waals surface area contributed by atoms with Crippen molar-refractivity contribution in [1.29, 1.82) is 0 Å². The van der Waals surface area contributed by atoms with Gasteiger partial charge in [0.1, 0.15) is 0 Å².